The average molecular weight is 191 g/mol. The zero-order chi connectivity index (χ0) is 10.7. The van der Waals surface area contributed by atoms with Crippen LogP contribution in [0.15, 0.2) is 17.3 Å². The van der Waals surface area contributed by atoms with Crippen LogP contribution in [0.1, 0.15) is 29.2 Å². The van der Waals surface area contributed by atoms with Gasteiger partial charge in [-0.1, -0.05) is 22.9 Å². The van der Waals surface area contributed by atoms with Crippen LogP contribution in [0.5, 0.6) is 0 Å². The Kier molecular flexibility index (Phi) is 3.28. The summed E-state index contributed by atoms with van der Waals surface area (Å²) < 4.78 is 0. The van der Waals surface area contributed by atoms with Crippen molar-refractivity contribution in [3.05, 3.63) is 34.4 Å². The van der Waals surface area contributed by atoms with Crippen LogP contribution in [0.25, 0.3) is 0 Å². The summed E-state index contributed by atoms with van der Waals surface area (Å²) in [6, 6.07) is 4.32. The summed E-state index contributed by atoms with van der Waals surface area (Å²) in [4.78, 5) is 0. The standard InChI is InChI=1S/C12H17NO/c1-8-5-9(2)12(10(3)6-8)7-11(4)13-14/h5-6,14H,7H2,1-4H3/b13-11+. The van der Waals surface area contributed by atoms with Gasteiger partial charge in [-0.05, 0) is 44.4 Å². The molecule has 0 unspecified atom stereocenters. The first-order valence-electron chi connectivity index (χ1n) is 4.79. The van der Waals surface area contributed by atoms with Crippen LogP contribution in [-0.2, 0) is 6.42 Å². The van der Waals surface area contributed by atoms with E-state index < -0.39 is 0 Å². The average Bonchev–Trinajstić information content (AvgIpc) is 2.10. The Morgan fingerprint density at radius 2 is 1.71 bits per heavy atom. The van der Waals surface area contributed by atoms with E-state index in [9.17, 15) is 0 Å². The largest absolute Gasteiger partial charge is 0.411 e. The van der Waals surface area contributed by atoms with Gasteiger partial charge in [0.05, 0.1) is 5.71 Å². The molecular formula is C12H17NO. The van der Waals surface area contributed by atoms with Crippen LogP contribution in [0.3, 0.4) is 0 Å². The van der Waals surface area contributed by atoms with Crippen molar-refractivity contribution in [2.24, 2.45) is 5.16 Å². The summed E-state index contributed by atoms with van der Waals surface area (Å²) in [7, 11) is 0. The van der Waals surface area contributed by atoms with Gasteiger partial charge < -0.3 is 5.21 Å². The van der Waals surface area contributed by atoms with Crippen LogP contribution >= 0.6 is 0 Å². The van der Waals surface area contributed by atoms with Gasteiger partial charge in [0.25, 0.3) is 0 Å². The molecule has 0 spiro atoms. The fourth-order valence-electron chi connectivity index (χ4n) is 1.78. The van der Waals surface area contributed by atoms with Gasteiger partial charge in [-0.15, -0.1) is 0 Å². The molecule has 0 saturated carbocycles. The number of benzene rings is 1. The molecule has 0 amide bonds. The van der Waals surface area contributed by atoms with Gasteiger partial charge >= 0.3 is 0 Å². The number of rotatable bonds is 2. The van der Waals surface area contributed by atoms with Crippen molar-refractivity contribution in [1.82, 2.24) is 0 Å². The lowest BCUT2D eigenvalue weighted by Crippen LogP contribution is -2.02. The third-order valence-corrected chi connectivity index (χ3v) is 2.44. The van der Waals surface area contributed by atoms with Gasteiger partial charge in [0.15, 0.2) is 0 Å². The Morgan fingerprint density at radius 1 is 1.21 bits per heavy atom. The van der Waals surface area contributed by atoms with Gasteiger partial charge in [0, 0.05) is 6.42 Å². The van der Waals surface area contributed by atoms with Crippen molar-refractivity contribution >= 4 is 5.71 Å². The molecule has 0 aliphatic rings. The maximum absolute atomic E-state index is 8.62. The second-order valence-electron chi connectivity index (χ2n) is 3.89. The molecule has 0 aromatic heterocycles. The highest BCUT2D eigenvalue weighted by Crippen LogP contribution is 2.17. The molecule has 1 rings (SSSR count). The van der Waals surface area contributed by atoms with E-state index in [4.69, 9.17) is 5.21 Å². The molecule has 0 bridgehead atoms. The van der Waals surface area contributed by atoms with Gasteiger partial charge in [-0.3, -0.25) is 0 Å². The number of nitrogens with zero attached hydrogens (tertiary/aromatic N) is 1. The molecule has 0 atom stereocenters. The van der Waals surface area contributed by atoms with E-state index in [1.165, 1.54) is 22.3 Å². The van der Waals surface area contributed by atoms with Crippen molar-refractivity contribution in [2.75, 3.05) is 0 Å². The Bertz CT molecular complexity index is 344. The predicted octanol–water partition coefficient (Wildman–Crippen LogP) is 3.00. The normalized spacial score (nSPS) is 11.9. The molecule has 76 valence electrons. The first-order valence-corrected chi connectivity index (χ1v) is 4.79. The zero-order valence-electron chi connectivity index (χ0n) is 9.26. The Hall–Kier alpha value is -1.31. The summed E-state index contributed by atoms with van der Waals surface area (Å²) in [6.45, 7) is 8.12. The van der Waals surface area contributed by atoms with E-state index >= 15 is 0 Å². The summed E-state index contributed by atoms with van der Waals surface area (Å²) in [5.74, 6) is 0. The lowest BCUT2D eigenvalue weighted by molar-refractivity contribution is 0.317. The van der Waals surface area contributed by atoms with Crippen LogP contribution in [-0.4, -0.2) is 10.9 Å². The lowest BCUT2D eigenvalue weighted by atomic mass is 9.96. The van der Waals surface area contributed by atoms with Crippen LogP contribution in [0.4, 0.5) is 0 Å². The van der Waals surface area contributed by atoms with E-state index in [0.717, 1.165) is 12.1 Å². The van der Waals surface area contributed by atoms with Crippen molar-refractivity contribution in [1.29, 1.82) is 0 Å². The highest BCUT2D eigenvalue weighted by molar-refractivity contribution is 5.84. The summed E-state index contributed by atoms with van der Waals surface area (Å²) in [5.41, 5.74) is 5.84. The van der Waals surface area contributed by atoms with E-state index in [2.05, 4.69) is 38.1 Å². The van der Waals surface area contributed by atoms with Crippen LogP contribution in [0.2, 0.25) is 0 Å². The summed E-state index contributed by atoms with van der Waals surface area (Å²) in [6.07, 6.45) is 0.731. The number of aryl methyl sites for hydroxylation is 3. The summed E-state index contributed by atoms with van der Waals surface area (Å²) >= 11 is 0. The van der Waals surface area contributed by atoms with E-state index in [1.807, 2.05) is 6.92 Å². The van der Waals surface area contributed by atoms with Crippen LogP contribution in [0, 0.1) is 20.8 Å². The highest BCUT2D eigenvalue weighted by atomic mass is 16.4. The molecule has 1 aromatic carbocycles. The molecule has 1 aromatic rings. The SMILES string of the molecule is C/C(Cc1c(C)cc(C)cc1C)=N\O. The Labute approximate surface area is 85.3 Å². The highest BCUT2D eigenvalue weighted by Gasteiger charge is 2.05. The van der Waals surface area contributed by atoms with Crippen molar-refractivity contribution in [3.63, 3.8) is 0 Å². The first kappa shape index (κ1) is 10.8. The second-order valence-corrected chi connectivity index (χ2v) is 3.89. The second kappa shape index (κ2) is 4.27. The molecule has 2 nitrogen and oxygen atoms in total. The van der Waals surface area contributed by atoms with Crippen molar-refractivity contribution < 1.29 is 5.21 Å². The van der Waals surface area contributed by atoms with E-state index in [1.54, 1.807) is 0 Å². The minimum Gasteiger partial charge on any atom is -0.411 e. The quantitative estimate of drug-likeness (QED) is 0.435. The Morgan fingerprint density at radius 3 is 2.14 bits per heavy atom. The summed E-state index contributed by atoms with van der Waals surface area (Å²) in [5, 5.41) is 11.8. The van der Waals surface area contributed by atoms with Crippen molar-refractivity contribution in [2.45, 2.75) is 34.1 Å². The molecule has 0 aliphatic heterocycles. The van der Waals surface area contributed by atoms with Gasteiger partial charge in [0.2, 0.25) is 0 Å². The monoisotopic (exact) mass is 191 g/mol. The number of hydrogen-bond donors (Lipinski definition) is 1. The molecule has 14 heavy (non-hydrogen) atoms. The maximum atomic E-state index is 8.62. The van der Waals surface area contributed by atoms with E-state index in [-0.39, 0.29) is 0 Å². The molecule has 2 heteroatoms. The maximum Gasteiger partial charge on any atom is 0.0583 e. The first-order chi connectivity index (χ1) is 6.54. The lowest BCUT2D eigenvalue weighted by Gasteiger charge is -2.10. The molecule has 0 radical (unpaired) electrons. The minimum absolute atomic E-state index is 0.731. The number of hydrogen-bond acceptors (Lipinski definition) is 2. The molecule has 1 N–H and O–H groups in total. The zero-order valence-corrected chi connectivity index (χ0v) is 9.26. The third kappa shape index (κ3) is 2.34. The number of oxime groups is 1. The molecular weight excluding hydrogens is 174 g/mol. The molecule has 0 aliphatic carbocycles. The Balaban J connectivity index is 3.09. The molecule has 0 fully saturated rings. The van der Waals surface area contributed by atoms with Gasteiger partial charge in [-0.25, -0.2) is 0 Å². The predicted molar refractivity (Wildman–Crippen MR) is 59.3 cm³/mol. The van der Waals surface area contributed by atoms with Gasteiger partial charge in [-0.2, -0.15) is 0 Å². The fraction of sp³-hybridized carbons (Fsp3) is 0.417. The molecule has 0 heterocycles. The molecule has 0 saturated heterocycles. The van der Waals surface area contributed by atoms with E-state index in [0.29, 0.717) is 0 Å². The van der Waals surface area contributed by atoms with Crippen LogP contribution < -0.4 is 0 Å². The third-order valence-electron chi connectivity index (χ3n) is 2.44. The topological polar surface area (TPSA) is 32.6 Å². The fourth-order valence-corrected chi connectivity index (χ4v) is 1.78. The minimum atomic E-state index is 0.731. The van der Waals surface area contributed by atoms with Crippen molar-refractivity contribution in [3.8, 4) is 0 Å². The van der Waals surface area contributed by atoms with Gasteiger partial charge in [0.1, 0.15) is 0 Å². The smallest absolute Gasteiger partial charge is 0.0583 e.